The van der Waals surface area contributed by atoms with Crippen molar-refractivity contribution in [2.24, 2.45) is 0 Å². The predicted octanol–water partition coefficient (Wildman–Crippen LogP) is 4.02. The Morgan fingerprint density at radius 3 is 2.58 bits per heavy atom. The first kappa shape index (κ1) is 16.8. The van der Waals surface area contributed by atoms with E-state index in [0.717, 1.165) is 12.1 Å². The Morgan fingerprint density at radius 2 is 1.88 bits per heavy atom. The van der Waals surface area contributed by atoms with Crippen molar-refractivity contribution in [1.29, 1.82) is 0 Å². The Morgan fingerprint density at radius 1 is 1.17 bits per heavy atom. The number of nitrogens with one attached hydrogen (secondary N) is 2. The highest BCUT2D eigenvalue weighted by atomic mass is 35.5. The molecule has 9 heteroatoms. The van der Waals surface area contributed by atoms with Gasteiger partial charge in [-0.3, -0.25) is 0 Å². The van der Waals surface area contributed by atoms with Crippen LogP contribution in [0.5, 0.6) is 0 Å². The van der Waals surface area contributed by atoms with Crippen molar-refractivity contribution in [2.75, 3.05) is 5.32 Å². The fraction of sp³-hybridized carbons (Fsp3) is 0. The molecule has 3 rings (SSSR count). The second-order valence-corrected chi connectivity index (χ2v) is 7.37. The molecule has 0 aliphatic carbocycles. The number of hydrogen-bond acceptors (Lipinski definition) is 3. The molecule has 0 unspecified atom stereocenters. The van der Waals surface area contributed by atoms with Gasteiger partial charge in [0.25, 0.3) is 10.0 Å². The molecule has 0 bridgehead atoms. The van der Waals surface area contributed by atoms with Crippen LogP contribution in [0.1, 0.15) is 11.1 Å². The van der Waals surface area contributed by atoms with Gasteiger partial charge >= 0.3 is 6.03 Å². The van der Waals surface area contributed by atoms with Crippen LogP contribution in [0, 0.1) is 5.82 Å². The van der Waals surface area contributed by atoms with Crippen LogP contribution in [0.4, 0.5) is 14.9 Å². The molecule has 1 aliphatic rings. The van der Waals surface area contributed by atoms with Crippen molar-refractivity contribution < 1.29 is 17.6 Å². The van der Waals surface area contributed by atoms with Gasteiger partial charge in [-0.15, -0.1) is 0 Å². The maximum Gasteiger partial charge on any atom is 0.333 e. The minimum absolute atomic E-state index is 0.0919. The van der Waals surface area contributed by atoms with Gasteiger partial charge in [0.2, 0.25) is 0 Å². The van der Waals surface area contributed by atoms with Gasteiger partial charge in [-0.2, -0.15) is 0 Å². The molecule has 0 spiro atoms. The first-order valence-corrected chi connectivity index (χ1v) is 8.76. The summed E-state index contributed by atoms with van der Waals surface area (Å²) in [5, 5.41) is 2.68. The Balaban J connectivity index is 2.28. The molecular formula is C15H9Cl2FN2O3S. The first-order valence-electron chi connectivity index (χ1n) is 6.52. The second-order valence-electron chi connectivity index (χ2n) is 4.94. The largest absolute Gasteiger partial charge is 0.333 e. The van der Waals surface area contributed by atoms with E-state index in [2.05, 4.69) is 11.9 Å². The molecule has 24 heavy (non-hydrogen) atoms. The highest BCUT2D eigenvalue weighted by Crippen LogP contribution is 2.40. The van der Waals surface area contributed by atoms with E-state index < -0.39 is 21.9 Å². The standard InChI is InChI=1S/C15H9Cl2FN2O3S/c1-7(8-3-2-4-9(16)13(8)17)12-10(18)5-6-11-14(12)19-15(21)20-24(11,22)23/h2-6H,1H2,(H2,19,20,21). The van der Waals surface area contributed by atoms with E-state index in [9.17, 15) is 17.6 Å². The normalized spacial score (nSPS) is 15.2. The smallest absolute Gasteiger partial charge is 0.305 e. The summed E-state index contributed by atoms with van der Waals surface area (Å²) in [6.45, 7) is 3.79. The Labute approximate surface area is 147 Å². The van der Waals surface area contributed by atoms with Gasteiger partial charge in [0.15, 0.2) is 0 Å². The van der Waals surface area contributed by atoms with Gasteiger partial charge in [0.1, 0.15) is 10.7 Å². The molecule has 2 amide bonds. The molecule has 0 radical (unpaired) electrons. The topological polar surface area (TPSA) is 75.3 Å². The molecule has 0 atom stereocenters. The van der Waals surface area contributed by atoms with E-state index in [1.807, 2.05) is 0 Å². The van der Waals surface area contributed by atoms with Crippen LogP contribution >= 0.6 is 23.2 Å². The van der Waals surface area contributed by atoms with Crippen LogP contribution < -0.4 is 10.0 Å². The second kappa shape index (κ2) is 5.77. The predicted molar refractivity (Wildman–Crippen MR) is 90.3 cm³/mol. The number of benzene rings is 2. The summed E-state index contributed by atoms with van der Waals surface area (Å²) in [6.07, 6.45) is 0. The van der Waals surface area contributed by atoms with Crippen LogP contribution in [-0.2, 0) is 10.0 Å². The van der Waals surface area contributed by atoms with Crippen LogP contribution in [-0.4, -0.2) is 14.4 Å². The number of halogens is 3. The van der Waals surface area contributed by atoms with E-state index >= 15 is 0 Å². The van der Waals surface area contributed by atoms with Crippen LogP contribution in [0.2, 0.25) is 10.0 Å². The average Bonchev–Trinajstić information content (AvgIpc) is 2.48. The molecule has 2 aromatic rings. The number of sulfonamides is 1. The lowest BCUT2D eigenvalue weighted by Gasteiger charge is -2.22. The molecule has 1 aliphatic heterocycles. The molecular weight excluding hydrogens is 378 g/mol. The third-order valence-electron chi connectivity index (χ3n) is 3.45. The molecule has 0 fully saturated rings. The third-order valence-corrected chi connectivity index (χ3v) is 5.64. The Bertz CT molecular complexity index is 1010. The van der Waals surface area contributed by atoms with Crippen molar-refractivity contribution in [1.82, 2.24) is 4.72 Å². The zero-order valence-corrected chi connectivity index (χ0v) is 14.2. The van der Waals surface area contributed by atoms with Gasteiger partial charge in [0, 0.05) is 11.1 Å². The summed E-state index contributed by atoms with van der Waals surface area (Å²) >= 11 is 12.1. The van der Waals surface area contributed by atoms with Gasteiger partial charge in [-0.1, -0.05) is 41.9 Å². The van der Waals surface area contributed by atoms with E-state index in [0.29, 0.717) is 5.56 Å². The molecule has 1 heterocycles. The van der Waals surface area contributed by atoms with Crippen molar-refractivity contribution in [3.8, 4) is 0 Å². The van der Waals surface area contributed by atoms with Crippen molar-refractivity contribution in [3.05, 3.63) is 63.9 Å². The number of urea groups is 1. The number of rotatable bonds is 2. The first-order chi connectivity index (χ1) is 11.2. The molecule has 0 aromatic heterocycles. The molecule has 0 saturated carbocycles. The lowest BCUT2D eigenvalue weighted by molar-refractivity contribution is 0.256. The summed E-state index contributed by atoms with van der Waals surface area (Å²) in [6, 6.07) is 5.76. The Hall–Kier alpha value is -2.09. The summed E-state index contributed by atoms with van der Waals surface area (Å²) < 4.78 is 40.3. The van der Waals surface area contributed by atoms with Gasteiger partial charge in [-0.25, -0.2) is 22.3 Å². The van der Waals surface area contributed by atoms with E-state index in [1.54, 1.807) is 22.9 Å². The van der Waals surface area contributed by atoms with Crippen molar-refractivity contribution in [3.63, 3.8) is 0 Å². The lowest BCUT2D eigenvalue weighted by atomic mass is 9.97. The van der Waals surface area contributed by atoms with E-state index in [4.69, 9.17) is 23.2 Å². The van der Waals surface area contributed by atoms with E-state index in [-0.39, 0.29) is 31.8 Å². The van der Waals surface area contributed by atoms with Crippen molar-refractivity contribution >= 4 is 50.5 Å². The number of hydrogen-bond donors (Lipinski definition) is 2. The monoisotopic (exact) mass is 386 g/mol. The number of carbonyl (C=O) groups is 1. The molecule has 2 aromatic carbocycles. The van der Waals surface area contributed by atoms with Crippen LogP contribution in [0.25, 0.3) is 5.57 Å². The zero-order chi connectivity index (χ0) is 17.6. The van der Waals surface area contributed by atoms with Gasteiger partial charge < -0.3 is 5.32 Å². The zero-order valence-electron chi connectivity index (χ0n) is 11.9. The maximum atomic E-state index is 14.4. The minimum Gasteiger partial charge on any atom is -0.305 e. The fourth-order valence-corrected chi connectivity index (χ4v) is 3.88. The van der Waals surface area contributed by atoms with E-state index in [1.165, 1.54) is 0 Å². The maximum absolute atomic E-state index is 14.4. The quantitative estimate of drug-likeness (QED) is 0.818. The van der Waals surface area contributed by atoms with Gasteiger partial charge in [-0.05, 0) is 23.8 Å². The highest BCUT2D eigenvalue weighted by molar-refractivity contribution is 7.90. The third kappa shape index (κ3) is 2.64. The number of carbonyl (C=O) groups excluding carboxylic acids is 1. The Kier molecular flexibility index (Phi) is 4.03. The number of fused-ring (bicyclic) bond motifs is 1. The van der Waals surface area contributed by atoms with Gasteiger partial charge in [0.05, 0.1) is 15.7 Å². The molecule has 124 valence electrons. The SMILES string of the molecule is C=C(c1cccc(Cl)c1Cl)c1c(F)ccc2c1NC(=O)NS2(=O)=O. The summed E-state index contributed by atoms with van der Waals surface area (Å²) in [4.78, 5) is 11.3. The lowest BCUT2D eigenvalue weighted by Crippen LogP contribution is -2.39. The van der Waals surface area contributed by atoms with Crippen LogP contribution in [0.15, 0.2) is 41.8 Å². The number of anilines is 1. The summed E-state index contributed by atoms with van der Waals surface area (Å²) in [5.74, 6) is -0.757. The summed E-state index contributed by atoms with van der Waals surface area (Å²) in [7, 11) is -4.09. The molecule has 2 N–H and O–H groups in total. The highest BCUT2D eigenvalue weighted by Gasteiger charge is 2.32. The number of amides is 2. The summed E-state index contributed by atoms with van der Waals surface area (Å²) in [5.41, 5.74) is 0.0470. The average molecular weight is 387 g/mol. The van der Waals surface area contributed by atoms with Crippen LogP contribution in [0.3, 0.4) is 0 Å². The van der Waals surface area contributed by atoms with Crippen molar-refractivity contribution in [2.45, 2.75) is 4.90 Å². The fourth-order valence-electron chi connectivity index (χ4n) is 2.39. The molecule has 0 saturated heterocycles. The minimum atomic E-state index is -4.09. The molecule has 5 nitrogen and oxygen atoms in total.